The molecule has 4 rings (SSSR count). The van der Waals surface area contributed by atoms with Gasteiger partial charge in [-0.3, -0.25) is 9.88 Å². The zero-order chi connectivity index (χ0) is 19.3. The average molecular weight is 467 g/mol. The van der Waals surface area contributed by atoms with E-state index in [1.165, 1.54) is 5.69 Å². The summed E-state index contributed by atoms with van der Waals surface area (Å²) >= 11 is 6.12. The predicted molar refractivity (Wildman–Crippen MR) is 130 cm³/mol. The number of nitrogens with zero attached hydrogens (tertiary/aromatic N) is 5. The van der Waals surface area contributed by atoms with E-state index in [1.807, 2.05) is 41.2 Å². The molecule has 0 unspecified atom stereocenters. The first-order chi connectivity index (χ1) is 13.7. The molecule has 5 nitrogen and oxygen atoms in total. The Morgan fingerprint density at radius 2 is 1.73 bits per heavy atom. The van der Waals surface area contributed by atoms with Crippen molar-refractivity contribution in [3.8, 4) is 5.69 Å². The van der Waals surface area contributed by atoms with Gasteiger partial charge in [0.1, 0.15) is 0 Å². The van der Waals surface area contributed by atoms with Crippen molar-refractivity contribution in [3.63, 3.8) is 0 Å². The lowest BCUT2D eigenvalue weighted by Crippen LogP contribution is -2.46. The summed E-state index contributed by atoms with van der Waals surface area (Å²) in [4.78, 5) is 8.94. The number of anilines is 1. The Morgan fingerprint density at radius 3 is 2.43 bits per heavy atom. The Bertz CT molecular complexity index is 950. The summed E-state index contributed by atoms with van der Waals surface area (Å²) < 4.78 is 1.95. The molecule has 1 saturated heterocycles. The number of rotatable bonds is 5. The summed E-state index contributed by atoms with van der Waals surface area (Å²) in [5.74, 6) is 0. The third-order valence-electron chi connectivity index (χ3n) is 5.16. The van der Waals surface area contributed by atoms with Crippen LogP contribution in [0.4, 0.5) is 5.69 Å². The van der Waals surface area contributed by atoms with Gasteiger partial charge >= 0.3 is 0 Å². The minimum absolute atomic E-state index is 0. The number of piperazine rings is 1. The van der Waals surface area contributed by atoms with E-state index in [1.54, 1.807) is 12.4 Å². The lowest BCUT2D eigenvalue weighted by molar-refractivity contribution is 0.284. The highest BCUT2D eigenvalue weighted by molar-refractivity contribution is 6.30. The van der Waals surface area contributed by atoms with Crippen molar-refractivity contribution in [2.75, 3.05) is 37.6 Å². The molecule has 1 fully saturated rings. The van der Waals surface area contributed by atoms with Crippen LogP contribution in [0.3, 0.4) is 0 Å². The van der Waals surface area contributed by atoms with Crippen LogP contribution in [0, 0.1) is 6.92 Å². The van der Waals surface area contributed by atoms with E-state index < -0.39 is 0 Å². The van der Waals surface area contributed by atoms with Crippen molar-refractivity contribution in [1.82, 2.24) is 19.7 Å². The van der Waals surface area contributed by atoms with Crippen LogP contribution in [0.1, 0.15) is 11.3 Å². The molecule has 1 aliphatic heterocycles. The van der Waals surface area contributed by atoms with Gasteiger partial charge < -0.3 is 4.90 Å². The Balaban J connectivity index is 0.00000160. The summed E-state index contributed by atoms with van der Waals surface area (Å²) in [7, 11) is 0. The van der Waals surface area contributed by atoms with Crippen molar-refractivity contribution in [2.24, 2.45) is 0 Å². The van der Waals surface area contributed by atoms with E-state index >= 15 is 0 Å². The fourth-order valence-electron chi connectivity index (χ4n) is 3.52. The van der Waals surface area contributed by atoms with Gasteiger partial charge in [0, 0.05) is 67.1 Å². The third kappa shape index (κ3) is 5.76. The van der Waals surface area contributed by atoms with E-state index in [-0.39, 0.29) is 24.8 Å². The van der Waals surface area contributed by atoms with E-state index in [9.17, 15) is 0 Å². The molecule has 160 valence electrons. The quantitative estimate of drug-likeness (QED) is 0.535. The second kappa shape index (κ2) is 11.4. The van der Waals surface area contributed by atoms with E-state index in [2.05, 4.69) is 45.0 Å². The highest BCUT2D eigenvalue weighted by atomic mass is 35.5. The number of hydrogen-bond acceptors (Lipinski definition) is 4. The average Bonchev–Trinajstić information content (AvgIpc) is 3.10. The molecule has 0 saturated carbocycles. The van der Waals surface area contributed by atoms with Gasteiger partial charge in [-0.1, -0.05) is 29.8 Å². The standard InChI is InChI=1S/C22H24ClN5.2ClH/c1-18-19(17-25-28(18)21-7-9-24-10-8-21)4-3-11-26-12-14-27(15-13-26)22-6-2-5-20(23)16-22;;/h2-10,16-17H,11-15H2,1H3;2*1H/b4-3+;;. The molecule has 0 N–H and O–H groups in total. The fourth-order valence-corrected chi connectivity index (χ4v) is 3.71. The lowest BCUT2D eigenvalue weighted by Gasteiger charge is -2.35. The SMILES string of the molecule is Cc1c(/C=C/CN2CCN(c3cccc(Cl)c3)CC2)cnn1-c1ccncc1.Cl.Cl. The number of pyridine rings is 1. The Morgan fingerprint density at radius 1 is 1.00 bits per heavy atom. The van der Waals surface area contributed by atoms with Gasteiger partial charge in [-0.05, 0) is 37.3 Å². The van der Waals surface area contributed by atoms with E-state index in [4.69, 9.17) is 11.6 Å². The molecular weight excluding hydrogens is 441 g/mol. The van der Waals surface area contributed by atoms with Crippen LogP contribution in [0.2, 0.25) is 5.02 Å². The molecule has 0 aliphatic carbocycles. The molecule has 0 atom stereocenters. The van der Waals surface area contributed by atoms with Crippen LogP contribution in [0.15, 0.2) is 61.1 Å². The molecule has 8 heteroatoms. The van der Waals surface area contributed by atoms with E-state index in [0.29, 0.717) is 0 Å². The predicted octanol–water partition coefficient (Wildman–Crippen LogP) is 4.91. The maximum atomic E-state index is 6.12. The molecular formula is C22H26Cl3N5. The van der Waals surface area contributed by atoms with Gasteiger partial charge in [0.25, 0.3) is 0 Å². The first kappa shape index (κ1) is 24.2. The van der Waals surface area contributed by atoms with Crippen molar-refractivity contribution in [1.29, 1.82) is 0 Å². The minimum atomic E-state index is 0. The highest BCUT2D eigenvalue weighted by Crippen LogP contribution is 2.21. The molecule has 3 heterocycles. The van der Waals surface area contributed by atoms with Crippen LogP contribution in [-0.2, 0) is 0 Å². The zero-order valence-corrected chi connectivity index (χ0v) is 19.2. The maximum absolute atomic E-state index is 6.12. The van der Waals surface area contributed by atoms with Gasteiger partial charge in [-0.15, -0.1) is 24.8 Å². The van der Waals surface area contributed by atoms with Crippen LogP contribution in [0.25, 0.3) is 11.8 Å². The number of hydrogen-bond donors (Lipinski definition) is 0. The summed E-state index contributed by atoms with van der Waals surface area (Å²) in [6.07, 6.45) is 9.90. The molecule has 0 amide bonds. The summed E-state index contributed by atoms with van der Waals surface area (Å²) in [5.41, 5.74) is 4.52. The summed E-state index contributed by atoms with van der Waals surface area (Å²) in [6, 6.07) is 12.0. The number of aromatic nitrogens is 3. The van der Waals surface area contributed by atoms with Crippen molar-refractivity contribution < 1.29 is 0 Å². The fraction of sp³-hybridized carbons (Fsp3) is 0.273. The van der Waals surface area contributed by atoms with Crippen molar-refractivity contribution in [3.05, 3.63) is 77.3 Å². The largest absolute Gasteiger partial charge is 0.369 e. The molecule has 2 aromatic heterocycles. The molecule has 1 aromatic carbocycles. The van der Waals surface area contributed by atoms with Crippen LogP contribution < -0.4 is 4.90 Å². The minimum Gasteiger partial charge on any atom is -0.369 e. The van der Waals surface area contributed by atoms with Crippen LogP contribution in [-0.4, -0.2) is 52.4 Å². The topological polar surface area (TPSA) is 37.2 Å². The monoisotopic (exact) mass is 465 g/mol. The second-order valence-corrected chi connectivity index (χ2v) is 7.41. The second-order valence-electron chi connectivity index (χ2n) is 6.97. The summed E-state index contributed by atoms with van der Waals surface area (Å²) in [6.45, 7) is 7.18. The maximum Gasteiger partial charge on any atom is 0.0679 e. The van der Waals surface area contributed by atoms with Crippen LogP contribution >= 0.6 is 36.4 Å². The van der Waals surface area contributed by atoms with E-state index in [0.717, 1.165) is 54.7 Å². The van der Waals surface area contributed by atoms with Gasteiger partial charge in [0.05, 0.1) is 11.9 Å². The van der Waals surface area contributed by atoms with Crippen molar-refractivity contribution in [2.45, 2.75) is 6.92 Å². The zero-order valence-electron chi connectivity index (χ0n) is 16.8. The first-order valence-corrected chi connectivity index (χ1v) is 9.93. The van der Waals surface area contributed by atoms with Gasteiger partial charge in [-0.2, -0.15) is 5.10 Å². The first-order valence-electron chi connectivity index (χ1n) is 9.55. The normalized spacial score (nSPS) is 14.4. The summed E-state index contributed by atoms with van der Waals surface area (Å²) in [5, 5.41) is 5.31. The smallest absolute Gasteiger partial charge is 0.0679 e. The number of halogens is 3. The molecule has 30 heavy (non-hydrogen) atoms. The molecule has 3 aromatic rings. The lowest BCUT2D eigenvalue weighted by atomic mass is 10.2. The molecule has 1 aliphatic rings. The van der Waals surface area contributed by atoms with Crippen LogP contribution in [0.5, 0.6) is 0 Å². The van der Waals surface area contributed by atoms with Gasteiger partial charge in [0.15, 0.2) is 0 Å². The van der Waals surface area contributed by atoms with Gasteiger partial charge in [0.2, 0.25) is 0 Å². The van der Waals surface area contributed by atoms with Gasteiger partial charge in [-0.25, -0.2) is 4.68 Å². The molecule has 0 radical (unpaired) electrons. The Labute approximate surface area is 195 Å². The molecule has 0 spiro atoms. The highest BCUT2D eigenvalue weighted by Gasteiger charge is 2.16. The number of benzene rings is 1. The Kier molecular flexibility index (Phi) is 9.18. The Hall–Kier alpha value is -2.05. The molecule has 0 bridgehead atoms. The third-order valence-corrected chi connectivity index (χ3v) is 5.40. The van der Waals surface area contributed by atoms with Crippen molar-refractivity contribution >= 4 is 48.2 Å².